The van der Waals surface area contributed by atoms with Gasteiger partial charge in [-0.05, 0) is 31.6 Å². The number of carbonyl (C=O) groups is 4. The molecule has 19 heteroatoms. The Hall–Kier alpha value is -1.94. The number of aliphatic hydroxyl groups is 1. The Morgan fingerprint density at radius 2 is 0.442 bits per heavy atom. The molecule has 0 aliphatic rings. The van der Waals surface area contributed by atoms with Gasteiger partial charge in [0, 0.05) is 25.7 Å². The zero-order valence-corrected chi connectivity index (χ0v) is 70.0. The molecule has 0 saturated heterocycles. The first-order chi connectivity index (χ1) is 50.5. The van der Waals surface area contributed by atoms with Crippen molar-refractivity contribution in [2.24, 2.45) is 5.92 Å². The van der Waals surface area contributed by atoms with E-state index in [-0.39, 0.29) is 25.7 Å². The van der Waals surface area contributed by atoms with Crippen LogP contribution in [0, 0.1) is 5.92 Å². The molecule has 0 fully saturated rings. The van der Waals surface area contributed by atoms with Gasteiger partial charge in [-0.3, -0.25) is 37.3 Å². The molecule has 0 aromatic heterocycles. The van der Waals surface area contributed by atoms with Gasteiger partial charge in [-0.1, -0.05) is 407 Å². The van der Waals surface area contributed by atoms with E-state index in [1.807, 2.05) is 0 Å². The predicted octanol–water partition coefficient (Wildman–Crippen LogP) is 26.0. The summed E-state index contributed by atoms with van der Waals surface area (Å²) < 4.78 is 68.7. The van der Waals surface area contributed by atoms with Crippen LogP contribution in [0.3, 0.4) is 0 Å². The molecule has 0 aromatic carbocycles. The van der Waals surface area contributed by atoms with Gasteiger partial charge in [0.1, 0.15) is 19.3 Å². The topological polar surface area (TPSA) is 237 Å². The number of hydrogen-bond acceptors (Lipinski definition) is 15. The van der Waals surface area contributed by atoms with Gasteiger partial charge < -0.3 is 33.8 Å². The average molecular weight is 1520 g/mol. The minimum absolute atomic E-state index is 0.105. The highest BCUT2D eigenvalue weighted by Crippen LogP contribution is 2.45. The fraction of sp³-hybridized carbons (Fsp3) is 0.953. The number of aliphatic hydroxyl groups excluding tert-OH is 1. The van der Waals surface area contributed by atoms with Crippen LogP contribution in [0.1, 0.15) is 458 Å². The molecule has 0 aromatic rings. The SMILES string of the molecule is CCCCCCCCCCCCCCCCCCCCCCCCC(=O)OC[C@H](COP(=O)(O)OC[C@@H](O)COP(=O)(O)OC[C@@H](COC(=O)CCCCCCCCCCC)OC(=O)CCCCCCCCCCC(C)C)OC(=O)CCCCCCCCCCCCCCCCCCCCCCCC. The maximum absolute atomic E-state index is 13.1. The van der Waals surface area contributed by atoms with Crippen LogP contribution in [-0.2, 0) is 65.4 Å². The fourth-order valence-electron chi connectivity index (χ4n) is 13.3. The number of phosphoric acid groups is 2. The summed E-state index contributed by atoms with van der Waals surface area (Å²) in [5.74, 6) is -1.39. The molecule has 618 valence electrons. The molecule has 17 nitrogen and oxygen atoms in total. The highest BCUT2D eigenvalue weighted by molar-refractivity contribution is 7.47. The third kappa shape index (κ3) is 78.2. The van der Waals surface area contributed by atoms with E-state index in [1.165, 1.54) is 283 Å². The van der Waals surface area contributed by atoms with Gasteiger partial charge in [0.05, 0.1) is 26.4 Å². The third-order valence-electron chi connectivity index (χ3n) is 20.0. The van der Waals surface area contributed by atoms with E-state index in [4.69, 9.17) is 37.0 Å². The molecule has 5 atom stereocenters. The Labute approximate surface area is 638 Å². The molecule has 0 bridgehead atoms. The summed E-state index contributed by atoms with van der Waals surface area (Å²) in [6, 6.07) is 0. The van der Waals surface area contributed by atoms with Crippen molar-refractivity contribution in [3.05, 3.63) is 0 Å². The Kier molecular flexibility index (Phi) is 76.3. The average Bonchev–Trinajstić information content (AvgIpc) is 0.909. The molecular formula is C85H166O17P2. The Bertz CT molecular complexity index is 1980. The first-order valence-electron chi connectivity index (χ1n) is 44.1. The molecule has 2 unspecified atom stereocenters. The van der Waals surface area contributed by atoms with Crippen molar-refractivity contribution >= 4 is 39.5 Å². The Balaban J connectivity index is 5.15. The van der Waals surface area contributed by atoms with Crippen molar-refractivity contribution in [2.45, 2.75) is 477 Å². The summed E-state index contributed by atoms with van der Waals surface area (Å²) in [5, 5.41) is 10.6. The summed E-state index contributed by atoms with van der Waals surface area (Å²) in [4.78, 5) is 73.0. The van der Waals surface area contributed by atoms with Crippen LogP contribution in [0.25, 0.3) is 0 Å². The number of unbranched alkanes of at least 4 members (excludes halogenated alkanes) is 57. The minimum atomic E-state index is -4.96. The lowest BCUT2D eigenvalue weighted by Crippen LogP contribution is -2.30. The summed E-state index contributed by atoms with van der Waals surface area (Å²) in [5.41, 5.74) is 0. The first kappa shape index (κ1) is 102. The summed E-state index contributed by atoms with van der Waals surface area (Å²) in [6.45, 7) is 7.28. The number of esters is 4. The van der Waals surface area contributed by atoms with E-state index >= 15 is 0 Å². The number of phosphoric ester groups is 2. The van der Waals surface area contributed by atoms with Gasteiger partial charge in [-0.2, -0.15) is 0 Å². The van der Waals surface area contributed by atoms with Crippen LogP contribution in [0.4, 0.5) is 0 Å². The molecule has 3 N–H and O–H groups in total. The number of carbonyl (C=O) groups excluding carboxylic acids is 4. The Morgan fingerprint density at radius 1 is 0.260 bits per heavy atom. The van der Waals surface area contributed by atoms with Crippen LogP contribution < -0.4 is 0 Å². The molecule has 0 spiro atoms. The second kappa shape index (κ2) is 77.8. The van der Waals surface area contributed by atoms with E-state index in [0.717, 1.165) is 95.8 Å². The van der Waals surface area contributed by atoms with Gasteiger partial charge >= 0.3 is 39.5 Å². The zero-order chi connectivity index (χ0) is 76.2. The second-order valence-corrected chi connectivity index (χ2v) is 34.0. The molecule has 0 saturated carbocycles. The van der Waals surface area contributed by atoms with E-state index < -0.39 is 97.5 Å². The van der Waals surface area contributed by atoms with Gasteiger partial charge in [0.15, 0.2) is 12.2 Å². The summed E-state index contributed by atoms with van der Waals surface area (Å²) >= 11 is 0. The number of rotatable bonds is 85. The molecule has 0 amide bonds. The fourth-order valence-corrected chi connectivity index (χ4v) is 14.9. The lowest BCUT2D eigenvalue weighted by Gasteiger charge is -2.21. The number of ether oxygens (including phenoxy) is 4. The molecule has 0 aliphatic carbocycles. The van der Waals surface area contributed by atoms with Crippen LogP contribution >= 0.6 is 15.6 Å². The van der Waals surface area contributed by atoms with Gasteiger partial charge in [-0.25, -0.2) is 9.13 Å². The molecule has 0 aliphatic heterocycles. The number of hydrogen-bond donors (Lipinski definition) is 3. The van der Waals surface area contributed by atoms with E-state index in [2.05, 4.69) is 34.6 Å². The van der Waals surface area contributed by atoms with Crippen LogP contribution in [0.5, 0.6) is 0 Å². The molecule has 0 radical (unpaired) electrons. The molecule has 104 heavy (non-hydrogen) atoms. The highest BCUT2D eigenvalue weighted by atomic mass is 31.2. The zero-order valence-electron chi connectivity index (χ0n) is 68.2. The van der Waals surface area contributed by atoms with Crippen molar-refractivity contribution in [1.29, 1.82) is 0 Å². The van der Waals surface area contributed by atoms with Crippen molar-refractivity contribution in [1.82, 2.24) is 0 Å². The predicted molar refractivity (Wildman–Crippen MR) is 428 cm³/mol. The van der Waals surface area contributed by atoms with Crippen molar-refractivity contribution in [3.8, 4) is 0 Å². The Morgan fingerprint density at radius 3 is 0.654 bits per heavy atom. The first-order valence-corrected chi connectivity index (χ1v) is 47.1. The molecule has 0 rings (SSSR count). The largest absolute Gasteiger partial charge is 0.472 e. The van der Waals surface area contributed by atoms with E-state index in [9.17, 15) is 43.2 Å². The van der Waals surface area contributed by atoms with Crippen LogP contribution in [0.15, 0.2) is 0 Å². The van der Waals surface area contributed by atoms with E-state index in [0.29, 0.717) is 25.7 Å². The van der Waals surface area contributed by atoms with Crippen molar-refractivity contribution in [3.63, 3.8) is 0 Å². The summed E-state index contributed by atoms with van der Waals surface area (Å²) in [6.07, 6.45) is 71.3. The standard InChI is InChI=1S/C85H166O17P2/c1-6-9-12-15-18-21-23-25-27-29-31-33-35-37-39-41-43-45-48-54-59-64-69-83(88)96-75-80(101-84(89)70-65-60-55-49-46-44-42-40-38-36-34-32-30-28-26-24-22-19-16-13-10-7-2)76-99-103(91,92)97-72-79(86)73-98-104(93,94)100-77-81(74-95-82(87)68-63-58-53-47-20-17-14-11-8-3)102-85(90)71-66-61-56-51-50-52-57-62-67-78(4)5/h78-81,86H,6-77H2,1-5H3,(H,91,92)(H,93,94)/t79-,80-,81-/m1/s1. The maximum Gasteiger partial charge on any atom is 0.472 e. The quantitative estimate of drug-likeness (QED) is 0.0222. The lowest BCUT2D eigenvalue weighted by molar-refractivity contribution is -0.161. The monoisotopic (exact) mass is 1520 g/mol. The smallest absolute Gasteiger partial charge is 0.462 e. The van der Waals surface area contributed by atoms with Gasteiger partial charge in [0.2, 0.25) is 0 Å². The van der Waals surface area contributed by atoms with E-state index in [1.54, 1.807) is 0 Å². The molecular weight excluding hydrogens is 1350 g/mol. The van der Waals surface area contributed by atoms with Gasteiger partial charge in [-0.15, -0.1) is 0 Å². The van der Waals surface area contributed by atoms with Crippen LogP contribution in [-0.4, -0.2) is 96.7 Å². The van der Waals surface area contributed by atoms with Gasteiger partial charge in [0.25, 0.3) is 0 Å². The van der Waals surface area contributed by atoms with Crippen molar-refractivity contribution < 1.29 is 80.2 Å². The second-order valence-electron chi connectivity index (χ2n) is 31.1. The minimum Gasteiger partial charge on any atom is -0.462 e. The molecule has 0 heterocycles. The maximum atomic E-state index is 13.1. The summed E-state index contributed by atoms with van der Waals surface area (Å²) in [7, 11) is -9.92. The highest BCUT2D eigenvalue weighted by Gasteiger charge is 2.30. The third-order valence-corrected chi connectivity index (χ3v) is 21.9. The van der Waals surface area contributed by atoms with Crippen molar-refractivity contribution in [2.75, 3.05) is 39.6 Å². The normalized spacial score (nSPS) is 13.8. The van der Waals surface area contributed by atoms with Crippen LogP contribution in [0.2, 0.25) is 0 Å². The lowest BCUT2D eigenvalue weighted by atomic mass is 10.0.